The van der Waals surface area contributed by atoms with Gasteiger partial charge >= 0.3 is 11.9 Å². The van der Waals surface area contributed by atoms with E-state index >= 15 is 0 Å². The minimum Gasteiger partial charge on any atom is -0.479 e. The summed E-state index contributed by atoms with van der Waals surface area (Å²) in [6.07, 6.45) is -9.41. The number of furan rings is 1. The van der Waals surface area contributed by atoms with Crippen LogP contribution in [0.5, 0.6) is 0 Å². The summed E-state index contributed by atoms with van der Waals surface area (Å²) in [5.74, 6) is -3.67. The molecule has 1 aliphatic heterocycles. The standard InChI is InChI=1S/C27H40O14/c1-24(9-14(29)13-6-8-39-12-13)16-5-4-7-26(36,23(35)38-3)25(16,2)17(10-27(24,37)22(33)34)41-21-20(32)19(31)18(30)15(11-28)40-21/h6,8,12,14-21,28-32,36-37H,4-5,7,9-11H2,1-3H3,(H,33,34)/t14-,15+,16-,17-,18-,19-,20+,21-,24-,25-,26-,27-/m0/s1. The third-order valence-corrected chi connectivity index (χ3v) is 10.1. The van der Waals surface area contributed by atoms with Gasteiger partial charge in [-0.05, 0) is 37.7 Å². The Balaban J connectivity index is 1.85. The quantitative estimate of drug-likeness (QED) is 0.167. The second-order valence-electron chi connectivity index (χ2n) is 12.0. The van der Waals surface area contributed by atoms with E-state index in [1.165, 1.54) is 32.4 Å². The van der Waals surface area contributed by atoms with Crippen molar-refractivity contribution in [2.45, 2.75) is 100 Å². The summed E-state index contributed by atoms with van der Waals surface area (Å²) in [5.41, 5.74) is -7.93. The van der Waals surface area contributed by atoms with Crippen LogP contribution in [0.25, 0.3) is 0 Å². The molecule has 4 rings (SSSR count). The molecule has 0 radical (unpaired) electrons. The largest absolute Gasteiger partial charge is 0.479 e. The van der Waals surface area contributed by atoms with Crippen LogP contribution >= 0.6 is 0 Å². The Morgan fingerprint density at radius 3 is 2.37 bits per heavy atom. The molecule has 3 fully saturated rings. The van der Waals surface area contributed by atoms with Crippen molar-refractivity contribution < 1.29 is 69.1 Å². The minimum atomic E-state index is -2.60. The van der Waals surface area contributed by atoms with E-state index in [1.807, 2.05) is 0 Å². The third kappa shape index (κ3) is 4.69. The Morgan fingerprint density at radius 1 is 1.12 bits per heavy atom. The first kappa shape index (κ1) is 31.8. The number of carboxylic acid groups (broad SMARTS) is 1. The van der Waals surface area contributed by atoms with E-state index in [0.29, 0.717) is 5.56 Å². The molecule has 41 heavy (non-hydrogen) atoms. The molecule has 0 amide bonds. The fraction of sp³-hybridized carbons (Fsp3) is 0.778. The van der Waals surface area contributed by atoms with Crippen molar-refractivity contribution in [1.29, 1.82) is 0 Å². The number of aliphatic hydroxyl groups excluding tert-OH is 5. The number of fused-ring (bicyclic) bond motifs is 1. The summed E-state index contributed by atoms with van der Waals surface area (Å²) in [4.78, 5) is 26.0. The molecule has 0 aromatic carbocycles. The molecule has 232 valence electrons. The Bertz CT molecular complexity index is 1090. The molecule has 2 heterocycles. The number of esters is 1. The third-order valence-electron chi connectivity index (χ3n) is 10.1. The molecule has 2 aliphatic carbocycles. The zero-order valence-corrected chi connectivity index (χ0v) is 23.1. The Labute approximate surface area is 236 Å². The van der Waals surface area contributed by atoms with Crippen molar-refractivity contribution in [3.8, 4) is 0 Å². The Hall–Kier alpha value is -2.14. The molecule has 1 aromatic heterocycles. The van der Waals surface area contributed by atoms with Crippen LogP contribution in [0.2, 0.25) is 0 Å². The average Bonchev–Trinajstić information content (AvgIpc) is 3.48. The lowest BCUT2D eigenvalue weighted by atomic mass is 9.40. The van der Waals surface area contributed by atoms with Crippen LogP contribution in [-0.4, -0.2) is 115 Å². The fourth-order valence-corrected chi connectivity index (χ4v) is 7.54. The summed E-state index contributed by atoms with van der Waals surface area (Å²) in [5, 5.41) is 86.3. The van der Waals surface area contributed by atoms with Gasteiger partial charge in [0.25, 0.3) is 0 Å². The molecule has 14 nitrogen and oxygen atoms in total. The summed E-state index contributed by atoms with van der Waals surface area (Å²) >= 11 is 0. The monoisotopic (exact) mass is 588 g/mol. The van der Waals surface area contributed by atoms with Crippen molar-refractivity contribution in [3.63, 3.8) is 0 Å². The van der Waals surface area contributed by atoms with Crippen molar-refractivity contribution in [2.24, 2.45) is 16.7 Å². The Morgan fingerprint density at radius 2 is 1.80 bits per heavy atom. The Kier molecular flexibility index (Phi) is 8.66. The number of carbonyl (C=O) groups excluding carboxylic acids is 1. The van der Waals surface area contributed by atoms with Gasteiger partial charge in [0, 0.05) is 22.8 Å². The predicted octanol–water partition coefficient (Wildman–Crippen LogP) is -1.18. The van der Waals surface area contributed by atoms with Gasteiger partial charge in [-0.15, -0.1) is 0 Å². The van der Waals surface area contributed by atoms with Gasteiger partial charge in [0.1, 0.15) is 24.4 Å². The summed E-state index contributed by atoms with van der Waals surface area (Å²) in [7, 11) is 1.08. The first-order valence-electron chi connectivity index (χ1n) is 13.5. The number of hydrogen-bond acceptors (Lipinski definition) is 13. The number of hydrogen-bond donors (Lipinski definition) is 8. The number of aliphatic carboxylic acids is 1. The highest BCUT2D eigenvalue weighted by Crippen LogP contribution is 2.67. The molecule has 2 saturated carbocycles. The second kappa shape index (κ2) is 11.2. The summed E-state index contributed by atoms with van der Waals surface area (Å²) < 4.78 is 21.6. The molecule has 8 N–H and O–H groups in total. The van der Waals surface area contributed by atoms with Gasteiger partial charge in [-0.3, -0.25) is 0 Å². The van der Waals surface area contributed by atoms with Crippen molar-refractivity contribution >= 4 is 11.9 Å². The summed E-state index contributed by atoms with van der Waals surface area (Å²) in [6, 6.07) is 1.49. The molecule has 12 atom stereocenters. The molecule has 3 aliphatic rings. The highest BCUT2D eigenvalue weighted by Gasteiger charge is 2.75. The maximum absolute atomic E-state index is 13.2. The fourth-order valence-electron chi connectivity index (χ4n) is 7.54. The van der Waals surface area contributed by atoms with Gasteiger partial charge in [0.15, 0.2) is 17.5 Å². The topological polar surface area (TPSA) is 237 Å². The van der Waals surface area contributed by atoms with Crippen LogP contribution in [0, 0.1) is 16.7 Å². The van der Waals surface area contributed by atoms with Crippen LogP contribution in [0.1, 0.15) is 57.6 Å². The summed E-state index contributed by atoms with van der Waals surface area (Å²) in [6.45, 7) is 2.21. The van der Waals surface area contributed by atoms with Crippen LogP contribution < -0.4 is 0 Å². The van der Waals surface area contributed by atoms with E-state index in [2.05, 4.69) is 0 Å². The van der Waals surface area contributed by atoms with Crippen LogP contribution in [0.15, 0.2) is 23.0 Å². The molecule has 0 bridgehead atoms. The number of rotatable bonds is 8. The first-order valence-corrected chi connectivity index (χ1v) is 13.5. The number of carbonyl (C=O) groups is 2. The van der Waals surface area contributed by atoms with Gasteiger partial charge in [0.05, 0.1) is 38.5 Å². The molecule has 1 aromatic rings. The van der Waals surface area contributed by atoms with E-state index in [0.717, 1.165) is 7.11 Å². The van der Waals surface area contributed by atoms with Gasteiger partial charge in [-0.25, -0.2) is 9.59 Å². The van der Waals surface area contributed by atoms with Gasteiger partial charge in [0.2, 0.25) is 0 Å². The van der Waals surface area contributed by atoms with Gasteiger partial charge < -0.3 is 59.5 Å². The SMILES string of the molecule is COC(=O)[C@@]1(O)CCC[C@@H]2[C@@]1(C)[C@@H](O[C@@H]1O[C@H](CO)[C@H](O)[C@H](O)[C@H]1O)C[C@](O)(C(=O)O)[C@@]2(C)C[C@H](O)c1ccoc1. The molecular formula is C27H40O14. The van der Waals surface area contributed by atoms with Crippen molar-refractivity contribution in [1.82, 2.24) is 0 Å². The zero-order chi connectivity index (χ0) is 30.5. The zero-order valence-electron chi connectivity index (χ0n) is 23.1. The molecule has 14 heteroatoms. The smallest absolute Gasteiger partial charge is 0.338 e. The van der Waals surface area contributed by atoms with Crippen LogP contribution in [-0.2, 0) is 23.8 Å². The number of ether oxygens (including phenoxy) is 3. The van der Waals surface area contributed by atoms with E-state index in [-0.39, 0.29) is 25.7 Å². The number of carboxylic acids is 1. The molecule has 0 unspecified atom stereocenters. The maximum Gasteiger partial charge on any atom is 0.338 e. The van der Waals surface area contributed by atoms with E-state index in [4.69, 9.17) is 18.6 Å². The van der Waals surface area contributed by atoms with E-state index < -0.39 is 95.8 Å². The van der Waals surface area contributed by atoms with Crippen molar-refractivity contribution in [3.05, 3.63) is 24.2 Å². The van der Waals surface area contributed by atoms with E-state index in [1.54, 1.807) is 0 Å². The van der Waals surface area contributed by atoms with Gasteiger partial charge in [-0.2, -0.15) is 0 Å². The van der Waals surface area contributed by atoms with Crippen LogP contribution in [0.4, 0.5) is 0 Å². The lowest BCUT2D eigenvalue weighted by Crippen LogP contribution is -2.76. The molecule has 1 saturated heterocycles. The first-order chi connectivity index (χ1) is 19.1. The highest BCUT2D eigenvalue weighted by molar-refractivity contribution is 5.82. The number of aliphatic hydroxyl groups is 7. The predicted molar refractivity (Wildman–Crippen MR) is 135 cm³/mol. The van der Waals surface area contributed by atoms with Crippen molar-refractivity contribution in [2.75, 3.05) is 13.7 Å². The average molecular weight is 589 g/mol. The minimum absolute atomic E-state index is 0.104. The van der Waals surface area contributed by atoms with Crippen LogP contribution in [0.3, 0.4) is 0 Å². The van der Waals surface area contributed by atoms with E-state index in [9.17, 15) is 50.4 Å². The molecular weight excluding hydrogens is 548 g/mol. The lowest BCUT2D eigenvalue weighted by Gasteiger charge is -2.66. The number of methoxy groups -OCH3 is 1. The second-order valence-corrected chi connectivity index (χ2v) is 12.0. The molecule has 0 spiro atoms. The van der Waals surface area contributed by atoms with Gasteiger partial charge in [-0.1, -0.05) is 13.8 Å². The lowest BCUT2D eigenvalue weighted by molar-refractivity contribution is -0.355. The normalized spacial score (nSPS) is 45.5. The maximum atomic E-state index is 13.2. The highest BCUT2D eigenvalue weighted by atomic mass is 16.7.